The summed E-state index contributed by atoms with van der Waals surface area (Å²) < 4.78 is 0. The van der Waals surface area contributed by atoms with E-state index in [4.69, 9.17) is 0 Å². The number of thiol groups is 1. The van der Waals surface area contributed by atoms with E-state index in [1.54, 1.807) is 0 Å². The third kappa shape index (κ3) is 1.84. The Hall–Kier alpha value is -0.430. The van der Waals surface area contributed by atoms with E-state index in [0.717, 1.165) is 12.2 Å². The zero-order valence-electron chi connectivity index (χ0n) is 8.02. The van der Waals surface area contributed by atoms with Gasteiger partial charge >= 0.3 is 0 Å². The molecule has 0 fully saturated rings. The number of hydrogen-bond acceptors (Lipinski definition) is 1. The van der Waals surface area contributed by atoms with Crippen LogP contribution in [0.15, 0.2) is 12.1 Å². The molecule has 0 aliphatic heterocycles. The van der Waals surface area contributed by atoms with Crippen LogP contribution in [0.5, 0.6) is 0 Å². The van der Waals surface area contributed by atoms with E-state index in [1.807, 2.05) is 0 Å². The molecule has 0 saturated carbocycles. The van der Waals surface area contributed by atoms with Crippen molar-refractivity contribution in [3.05, 3.63) is 34.4 Å². The van der Waals surface area contributed by atoms with Crippen LogP contribution in [-0.4, -0.2) is 0 Å². The predicted octanol–water partition coefficient (Wildman–Crippen LogP) is 3.30. The molecule has 1 aromatic carbocycles. The van der Waals surface area contributed by atoms with Gasteiger partial charge in [-0.25, -0.2) is 0 Å². The molecule has 0 spiro atoms. The smallest absolute Gasteiger partial charge is 0.0157 e. The van der Waals surface area contributed by atoms with Gasteiger partial charge in [0.2, 0.25) is 0 Å². The SMILES string of the molecule is CCc1cc(C)cc(CS)c1C. The molecule has 0 N–H and O–H groups in total. The third-order valence-corrected chi connectivity index (χ3v) is 2.66. The maximum Gasteiger partial charge on any atom is 0.0157 e. The van der Waals surface area contributed by atoms with Crippen LogP contribution in [0.4, 0.5) is 0 Å². The zero-order chi connectivity index (χ0) is 9.14. The van der Waals surface area contributed by atoms with Crippen LogP contribution in [0.1, 0.15) is 29.2 Å². The van der Waals surface area contributed by atoms with E-state index in [-0.39, 0.29) is 0 Å². The summed E-state index contributed by atoms with van der Waals surface area (Å²) in [5.74, 6) is 0.848. The van der Waals surface area contributed by atoms with E-state index in [9.17, 15) is 0 Å². The fraction of sp³-hybridized carbons (Fsp3) is 0.455. The number of hydrogen-bond donors (Lipinski definition) is 1. The Labute approximate surface area is 80.4 Å². The monoisotopic (exact) mass is 180 g/mol. The van der Waals surface area contributed by atoms with Gasteiger partial charge in [-0.1, -0.05) is 24.6 Å². The Morgan fingerprint density at radius 1 is 1.17 bits per heavy atom. The van der Waals surface area contributed by atoms with Gasteiger partial charge < -0.3 is 0 Å². The minimum atomic E-state index is 0.848. The van der Waals surface area contributed by atoms with Gasteiger partial charge in [0.05, 0.1) is 0 Å². The molecule has 0 radical (unpaired) electrons. The van der Waals surface area contributed by atoms with Crippen molar-refractivity contribution in [2.24, 2.45) is 0 Å². The number of benzene rings is 1. The second-order valence-electron chi connectivity index (χ2n) is 3.22. The summed E-state index contributed by atoms with van der Waals surface area (Å²) >= 11 is 4.31. The Balaban J connectivity index is 3.22. The molecule has 1 heteroatoms. The molecule has 0 nitrogen and oxygen atoms in total. The van der Waals surface area contributed by atoms with E-state index in [2.05, 4.69) is 45.5 Å². The van der Waals surface area contributed by atoms with Gasteiger partial charge in [0.1, 0.15) is 0 Å². The molecule has 1 aromatic rings. The molecule has 66 valence electrons. The summed E-state index contributed by atoms with van der Waals surface area (Å²) in [6.07, 6.45) is 1.12. The highest BCUT2D eigenvalue weighted by Gasteiger charge is 2.02. The van der Waals surface area contributed by atoms with Crippen LogP contribution < -0.4 is 0 Å². The maximum atomic E-state index is 4.31. The fourth-order valence-electron chi connectivity index (χ4n) is 1.55. The first kappa shape index (κ1) is 9.66. The fourth-order valence-corrected chi connectivity index (χ4v) is 1.87. The average Bonchev–Trinajstić information content (AvgIpc) is 2.08. The van der Waals surface area contributed by atoms with E-state index >= 15 is 0 Å². The largest absolute Gasteiger partial charge is 0.175 e. The molecule has 0 bridgehead atoms. The first-order valence-electron chi connectivity index (χ1n) is 4.39. The molecule has 0 aromatic heterocycles. The Morgan fingerprint density at radius 2 is 1.75 bits per heavy atom. The van der Waals surface area contributed by atoms with Crippen molar-refractivity contribution >= 4 is 12.6 Å². The summed E-state index contributed by atoms with van der Waals surface area (Å²) in [4.78, 5) is 0. The zero-order valence-corrected chi connectivity index (χ0v) is 8.91. The van der Waals surface area contributed by atoms with Crippen LogP contribution in [0.3, 0.4) is 0 Å². The van der Waals surface area contributed by atoms with Crippen molar-refractivity contribution in [2.45, 2.75) is 32.9 Å². The molecule has 0 atom stereocenters. The summed E-state index contributed by atoms with van der Waals surface area (Å²) in [6, 6.07) is 4.49. The van der Waals surface area contributed by atoms with Crippen molar-refractivity contribution in [3.8, 4) is 0 Å². The van der Waals surface area contributed by atoms with Gasteiger partial charge in [0, 0.05) is 5.75 Å². The molecule has 0 aliphatic rings. The highest BCUT2D eigenvalue weighted by molar-refractivity contribution is 7.79. The van der Waals surface area contributed by atoms with E-state index in [1.165, 1.54) is 22.3 Å². The minimum Gasteiger partial charge on any atom is -0.175 e. The first-order valence-corrected chi connectivity index (χ1v) is 5.02. The molecule has 12 heavy (non-hydrogen) atoms. The lowest BCUT2D eigenvalue weighted by molar-refractivity contribution is 1.08. The van der Waals surface area contributed by atoms with Crippen LogP contribution in [0.2, 0.25) is 0 Å². The normalized spacial score (nSPS) is 10.3. The van der Waals surface area contributed by atoms with Crippen LogP contribution in [-0.2, 0) is 12.2 Å². The van der Waals surface area contributed by atoms with Crippen molar-refractivity contribution in [3.63, 3.8) is 0 Å². The summed E-state index contributed by atoms with van der Waals surface area (Å²) in [5.41, 5.74) is 5.59. The van der Waals surface area contributed by atoms with Crippen LogP contribution in [0.25, 0.3) is 0 Å². The Bertz CT molecular complexity index is 251. The van der Waals surface area contributed by atoms with Gasteiger partial charge in [-0.05, 0) is 37.0 Å². The molecule has 0 heterocycles. The number of rotatable bonds is 2. The molecule has 0 unspecified atom stereocenters. The van der Waals surface area contributed by atoms with E-state index in [0.29, 0.717) is 0 Å². The quantitative estimate of drug-likeness (QED) is 0.663. The van der Waals surface area contributed by atoms with Crippen LogP contribution >= 0.6 is 12.6 Å². The average molecular weight is 180 g/mol. The molecule has 1 rings (SSSR count). The Morgan fingerprint density at radius 3 is 2.25 bits per heavy atom. The van der Waals surface area contributed by atoms with Crippen molar-refractivity contribution in [1.82, 2.24) is 0 Å². The van der Waals surface area contributed by atoms with Crippen LogP contribution in [0, 0.1) is 13.8 Å². The first-order chi connectivity index (χ1) is 5.69. The minimum absolute atomic E-state index is 0.848. The molecule has 0 amide bonds. The highest BCUT2D eigenvalue weighted by Crippen LogP contribution is 2.18. The summed E-state index contributed by atoms with van der Waals surface area (Å²) in [7, 11) is 0. The second-order valence-corrected chi connectivity index (χ2v) is 3.54. The van der Waals surface area contributed by atoms with E-state index < -0.39 is 0 Å². The van der Waals surface area contributed by atoms with Gasteiger partial charge in [0.25, 0.3) is 0 Å². The van der Waals surface area contributed by atoms with Crippen molar-refractivity contribution in [2.75, 3.05) is 0 Å². The van der Waals surface area contributed by atoms with Crippen molar-refractivity contribution in [1.29, 1.82) is 0 Å². The lowest BCUT2D eigenvalue weighted by atomic mass is 9.98. The van der Waals surface area contributed by atoms with Gasteiger partial charge in [-0.3, -0.25) is 0 Å². The summed E-state index contributed by atoms with van der Waals surface area (Å²) in [6.45, 7) is 6.53. The molecular weight excluding hydrogens is 164 g/mol. The lowest BCUT2D eigenvalue weighted by Crippen LogP contribution is -1.93. The molecule has 0 aliphatic carbocycles. The number of aryl methyl sites for hydroxylation is 2. The van der Waals surface area contributed by atoms with Gasteiger partial charge in [-0.15, -0.1) is 0 Å². The second kappa shape index (κ2) is 3.99. The highest BCUT2D eigenvalue weighted by atomic mass is 32.1. The molecule has 0 saturated heterocycles. The third-order valence-electron chi connectivity index (χ3n) is 2.32. The maximum absolute atomic E-state index is 4.31. The standard InChI is InChI=1S/C11H16S/c1-4-10-5-8(2)6-11(7-12)9(10)3/h5-6,12H,4,7H2,1-3H3. The predicted molar refractivity (Wildman–Crippen MR) is 58.0 cm³/mol. The van der Waals surface area contributed by atoms with Crippen molar-refractivity contribution < 1.29 is 0 Å². The lowest BCUT2D eigenvalue weighted by Gasteiger charge is -2.09. The van der Waals surface area contributed by atoms with Gasteiger partial charge in [0.15, 0.2) is 0 Å². The topological polar surface area (TPSA) is 0 Å². The van der Waals surface area contributed by atoms with Gasteiger partial charge in [-0.2, -0.15) is 12.6 Å². The Kier molecular flexibility index (Phi) is 3.21. The summed E-state index contributed by atoms with van der Waals surface area (Å²) in [5, 5.41) is 0. The molecular formula is C11H16S.